The van der Waals surface area contributed by atoms with E-state index in [9.17, 15) is 18.0 Å². The van der Waals surface area contributed by atoms with Crippen molar-refractivity contribution in [3.05, 3.63) is 70.0 Å². The van der Waals surface area contributed by atoms with Crippen LogP contribution in [0.25, 0.3) is 11.1 Å². The van der Waals surface area contributed by atoms with Crippen LogP contribution in [0.4, 0.5) is 24.8 Å². The van der Waals surface area contributed by atoms with Crippen LogP contribution in [0.5, 0.6) is 0 Å². The maximum atomic E-state index is 12.9. The second kappa shape index (κ2) is 8.06. The Balaban J connectivity index is 1.60. The van der Waals surface area contributed by atoms with Crippen molar-refractivity contribution < 1.29 is 22.7 Å². The second-order valence-electron chi connectivity index (χ2n) is 7.30. The van der Waals surface area contributed by atoms with Gasteiger partial charge in [-0.3, -0.25) is 4.79 Å². The molecule has 1 amide bonds. The summed E-state index contributed by atoms with van der Waals surface area (Å²) in [5, 5.41) is 3.01. The number of benzene rings is 2. The zero-order valence-corrected chi connectivity index (χ0v) is 18.0. The fourth-order valence-electron chi connectivity index (χ4n) is 3.38. The quantitative estimate of drug-likeness (QED) is 0.495. The molecule has 1 aliphatic rings. The molecule has 1 fully saturated rings. The van der Waals surface area contributed by atoms with E-state index in [1.54, 1.807) is 48.5 Å². The molecule has 0 radical (unpaired) electrons. The average molecular weight is 508 g/mol. The third kappa shape index (κ3) is 4.13. The monoisotopic (exact) mass is 507 g/mol. The second-order valence-corrected chi connectivity index (χ2v) is 8.22. The first-order valence-electron chi connectivity index (χ1n) is 9.36. The van der Waals surface area contributed by atoms with Crippen LogP contribution >= 0.6 is 15.9 Å². The van der Waals surface area contributed by atoms with Gasteiger partial charge in [-0.1, -0.05) is 40.2 Å². The predicted octanol–water partition coefficient (Wildman–Crippen LogP) is 3.74. The molecule has 5 N–H and O–H groups in total. The van der Waals surface area contributed by atoms with Crippen LogP contribution in [0.1, 0.15) is 21.7 Å². The lowest BCUT2D eigenvalue weighted by Gasteiger charge is -2.42. The molecule has 0 unspecified atom stereocenters. The predicted molar refractivity (Wildman–Crippen MR) is 115 cm³/mol. The molecule has 1 saturated heterocycles. The van der Waals surface area contributed by atoms with Crippen LogP contribution in [-0.4, -0.2) is 29.1 Å². The zero-order chi connectivity index (χ0) is 23.1. The number of carbonyl (C=O) groups excluding carboxylic acids is 1. The summed E-state index contributed by atoms with van der Waals surface area (Å²) < 4.78 is 44.8. The first kappa shape index (κ1) is 22.0. The van der Waals surface area contributed by atoms with Gasteiger partial charge >= 0.3 is 6.18 Å². The molecular formula is C21H17BrF3N5O2. The smallest absolute Gasteiger partial charge is 0.383 e. The number of ether oxygens (including phenoxy) is 1. The third-order valence-electron chi connectivity index (χ3n) is 5.10. The number of nitrogen functional groups attached to an aromatic ring is 2. The number of anilines is 2. The van der Waals surface area contributed by atoms with Crippen LogP contribution in [0.2, 0.25) is 0 Å². The summed E-state index contributed by atoms with van der Waals surface area (Å²) in [5.41, 5.74) is 12.6. The highest BCUT2D eigenvalue weighted by Gasteiger charge is 2.42. The average Bonchev–Trinajstić information content (AvgIpc) is 2.70. The Morgan fingerprint density at radius 3 is 2.03 bits per heavy atom. The van der Waals surface area contributed by atoms with Gasteiger partial charge in [0.05, 0.1) is 18.8 Å². The SMILES string of the molecule is Nc1nc(C(F)(F)F)nc(N)c1-c1ccc(C2(NC(=O)c3ccc(Br)cc3)COC2)cc1. The minimum atomic E-state index is -4.76. The lowest BCUT2D eigenvalue weighted by Crippen LogP contribution is -2.59. The molecule has 32 heavy (non-hydrogen) atoms. The van der Waals surface area contributed by atoms with Gasteiger partial charge in [0.1, 0.15) is 17.2 Å². The van der Waals surface area contributed by atoms with Gasteiger partial charge in [0, 0.05) is 10.0 Å². The van der Waals surface area contributed by atoms with Crippen LogP contribution in [0.15, 0.2) is 53.0 Å². The van der Waals surface area contributed by atoms with E-state index in [-0.39, 0.29) is 36.3 Å². The number of halogens is 4. The summed E-state index contributed by atoms with van der Waals surface area (Å²) in [5.74, 6) is -2.39. The summed E-state index contributed by atoms with van der Waals surface area (Å²) in [6.45, 7) is 0.560. The summed E-state index contributed by atoms with van der Waals surface area (Å²) in [6, 6.07) is 13.7. The highest BCUT2D eigenvalue weighted by Crippen LogP contribution is 2.36. The number of carbonyl (C=O) groups is 1. The molecule has 0 aliphatic carbocycles. The normalized spacial score (nSPS) is 15.1. The molecule has 11 heteroatoms. The first-order chi connectivity index (χ1) is 15.1. The number of hydrogen-bond donors (Lipinski definition) is 3. The summed E-state index contributed by atoms with van der Waals surface area (Å²) in [7, 11) is 0. The molecule has 0 atom stereocenters. The molecule has 0 bridgehead atoms. The van der Waals surface area contributed by atoms with Gasteiger partial charge in [0.2, 0.25) is 5.82 Å². The number of nitrogens with zero attached hydrogens (tertiary/aromatic N) is 2. The molecule has 166 valence electrons. The van der Waals surface area contributed by atoms with E-state index in [1.807, 2.05) is 0 Å². The van der Waals surface area contributed by atoms with Crippen LogP contribution in [0.3, 0.4) is 0 Å². The number of aromatic nitrogens is 2. The van der Waals surface area contributed by atoms with Gasteiger partial charge in [-0.05, 0) is 35.4 Å². The lowest BCUT2D eigenvalue weighted by atomic mass is 9.86. The van der Waals surface area contributed by atoms with Crippen LogP contribution in [-0.2, 0) is 16.5 Å². The van der Waals surface area contributed by atoms with Gasteiger partial charge in [-0.2, -0.15) is 13.2 Å². The van der Waals surface area contributed by atoms with E-state index >= 15 is 0 Å². The first-order valence-corrected chi connectivity index (χ1v) is 10.2. The van der Waals surface area contributed by atoms with E-state index in [0.717, 1.165) is 10.0 Å². The Morgan fingerprint density at radius 2 is 1.56 bits per heavy atom. The van der Waals surface area contributed by atoms with Crippen molar-refractivity contribution in [2.45, 2.75) is 11.7 Å². The van der Waals surface area contributed by atoms with Crippen molar-refractivity contribution in [3.63, 3.8) is 0 Å². The Kier molecular flexibility index (Phi) is 5.55. The highest BCUT2D eigenvalue weighted by atomic mass is 79.9. The maximum absolute atomic E-state index is 12.9. The van der Waals surface area contributed by atoms with Crippen molar-refractivity contribution in [1.82, 2.24) is 15.3 Å². The van der Waals surface area contributed by atoms with Crippen molar-refractivity contribution in [3.8, 4) is 11.1 Å². The number of alkyl halides is 3. The standard InChI is InChI=1S/C21H17BrF3N5O2/c22-14-7-3-12(4-8-14)18(31)30-20(9-32-10-20)13-5-1-11(2-6-13)15-16(26)28-19(21(23,24)25)29-17(15)27/h1-8H,9-10H2,(H,30,31)(H4,26,27,28,29). The molecule has 0 spiro atoms. The number of nitrogens with two attached hydrogens (primary N) is 2. The topological polar surface area (TPSA) is 116 Å². The number of amides is 1. The molecule has 2 heterocycles. The Labute approximate surface area is 189 Å². The van der Waals surface area contributed by atoms with Crippen molar-refractivity contribution >= 4 is 33.5 Å². The van der Waals surface area contributed by atoms with Gasteiger partial charge in [-0.15, -0.1) is 0 Å². The summed E-state index contributed by atoms with van der Waals surface area (Å²) in [4.78, 5) is 19.4. The fraction of sp³-hybridized carbons (Fsp3) is 0.190. The van der Waals surface area contributed by atoms with Crippen LogP contribution < -0.4 is 16.8 Å². The highest BCUT2D eigenvalue weighted by molar-refractivity contribution is 9.10. The number of rotatable bonds is 4. The van der Waals surface area contributed by atoms with Crippen molar-refractivity contribution in [2.24, 2.45) is 0 Å². The minimum absolute atomic E-state index is 0.113. The number of hydrogen-bond acceptors (Lipinski definition) is 6. The largest absolute Gasteiger partial charge is 0.451 e. The molecule has 0 saturated carbocycles. The third-order valence-corrected chi connectivity index (χ3v) is 5.63. The van der Waals surface area contributed by atoms with Crippen LogP contribution in [0, 0.1) is 0 Å². The number of nitrogens with one attached hydrogen (secondary N) is 1. The Hall–Kier alpha value is -3.18. The summed E-state index contributed by atoms with van der Waals surface area (Å²) >= 11 is 3.33. The molecular weight excluding hydrogens is 491 g/mol. The molecule has 4 rings (SSSR count). The molecule has 7 nitrogen and oxygen atoms in total. The van der Waals surface area contributed by atoms with Gasteiger partial charge < -0.3 is 21.5 Å². The van der Waals surface area contributed by atoms with Gasteiger partial charge in [0.15, 0.2) is 0 Å². The van der Waals surface area contributed by atoms with Crippen molar-refractivity contribution in [2.75, 3.05) is 24.7 Å². The molecule has 1 aliphatic heterocycles. The summed E-state index contributed by atoms with van der Waals surface area (Å²) in [6.07, 6.45) is -4.76. The van der Waals surface area contributed by atoms with Gasteiger partial charge in [-0.25, -0.2) is 9.97 Å². The zero-order valence-electron chi connectivity index (χ0n) is 16.4. The van der Waals surface area contributed by atoms with E-state index in [1.165, 1.54) is 0 Å². The Morgan fingerprint density at radius 1 is 1.00 bits per heavy atom. The van der Waals surface area contributed by atoms with E-state index in [0.29, 0.717) is 11.1 Å². The van der Waals surface area contributed by atoms with Gasteiger partial charge in [0.25, 0.3) is 5.91 Å². The molecule has 3 aromatic rings. The van der Waals surface area contributed by atoms with E-state index in [4.69, 9.17) is 16.2 Å². The fourth-order valence-corrected chi connectivity index (χ4v) is 3.65. The lowest BCUT2D eigenvalue weighted by molar-refractivity contribution is -0.144. The van der Waals surface area contributed by atoms with E-state index in [2.05, 4.69) is 31.2 Å². The maximum Gasteiger partial charge on any atom is 0.451 e. The van der Waals surface area contributed by atoms with E-state index < -0.39 is 17.5 Å². The minimum Gasteiger partial charge on any atom is -0.383 e. The molecule has 1 aromatic heterocycles. The Bertz CT molecular complexity index is 1140. The van der Waals surface area contributed by atoms with Crippen molar-refractivity contribution in [1.29, 1.82) is 0 Å². The molecule has 2 aromatic carbocycles.